The number of aryl methyl sites for hydroxylation is 1. The molecule has 0 radical (unpaired) electrons. The van der Waals surface area contributed by atoms with E-state index < -0.39 is 16.0 Å². The normalized spacial score (nSPS) is 11.5. The van der Waals surface area contributed by atoms with Gasteiger partial charge in [-0.2, -0.15) is 5.10 Å². The first-order chi connectivity index (χ1) is 21.9. The Kier molecular flexibility index (Phi) is 15.6. The predicted octanol–water partition coefficient (Wildman–Crippen LogP) is 3.86. The number of nitrogens with zero attached hydrogens (tertiary/aromatic N) is 4. The molecule has 0 fully saturated rings. The van der Waals surface area contributed by atoms with Crippen LogP contribution in [0, 0.1) is 6.92 Å². The molecule has 0 unspecified atom stereocenters. The van der Waals surface area contributed by atoms with Crippen LogP contribution in [0.1, 0.15) is 40.2 Å². The molecule has 1 amide bonds. The zero-order valence-corrected chi connectivity index (χ0v) is 31.7. The maximum Gasteiger partial charge on any atom is 2.00 e. The van der Waals surface area contributed by atoms with Crippen LogP contribution in [0.4, 0.5) is 11.4 Å². The maximum atomic E-state index is 12.1. The number of hydrogen-bond donors (Lipinski definition) is 2. The molecule has 0 saturated heterocycles. The smallest absolute Gasteiger partial charge is 0.550 e. The van der Waals surface area contributed by atoms with E-state index in [0.29, 0.717) is 40.5 Å². The van der Waals surface area contributed by atoms with Crippen molar-refractivity contribution in [3.05, 3.63) is 124 Å². The number of H-pyrrole nitrogens is 1. The van der Waals surface area contributed by atoms with Crippen LogP contribution >= 0.6 is 23.2 Å². The molecule has 5 aromatic rings. The summed E-state index contributed by atoms with van der Waals surface area (Å²) in [6, 6.07) is 16.7. The number of carbonyl (C=O) groups is 3. The zero-order chi connectivity index (χ0) is 33.4. The van der Waals surface area contributed by atoms with Crippen LogP contribution in [-0.2, 0) is 39.0 Å². The van der Waals surface area contributed by atoms with Crippen molar-refractivity contribution in [1.82, 2.24) is 19.2 Å². The van der Waals surface area contributed by atoms with Crippen LogP contribution in [-0.4, -0.2) is 94.6 Å². The van der Waals surface area contributed by atoms with Gasteiger partial charge in [-0.25, -0.2) is 17.4 Å². The van der Waals surface area contributed by atoms with Gasteiger partial charge in [-0.1, -0.05) is 48.3 Å². The number of imidazole rings is 1. The predicted molar refractivity (Wildman–Crippen MR) is 183 cm³/mol. The van der Waals surface area contributed by atoms with E-state index in [4.69, 9.17) is 28.9 Å². The Bertz CT molecular complexity index is 1970. The summed E-state index contributed by atoms with van der Waals surface area (Å²) in [5, 5.41) is 18.0. The third kappa shape index (κ3) is 10.8. The molecule has 0 spiro atoms. The van der Waals surface area contributed by atoms with Gasteiger partial charge in [0, 0.05) is 45.6 Å². The van der Waals surface area contributed by atoms with E-state index in [0.717, 1.165) is 32.7 Å². The summed E-state index contributed by atoms with van der Waals surface area (Å²) in [5.74, 6) is -1.06. The fraction of sp³-hybridized carbons (Fsp3) is 0.156. The zero-order valence-electron chi connectivity index (χ0n) is 25.0. The van der Waals surface area contributed by atoms with Crippen molar-refractivity contribution in [3.63, 3.8) is 0 Å². The Hall–Kier alpha value is -3.41. The van der Waals surface area contributed by atoms with Crippen LogP contribution in [0.2, 0.25) is 10.0 Å². The monoisotopic (exact) mass is 835 g/mol. The van der Waals surface area contributed by atoms with Gasteiger partial charge in [-0.3, -0.25) is 14.7 Å². The third-order valence-corrected chi connectivity index (χ3v) is 8.70. The number of carboxylic acids is 1. The van der Waals surface area contributed by atoms with E-state index in [1.807, 2.05) is 19.1 Å². The minimum Gasteiger partial charge on any atom is -0.550 e. The Morgan fingerprint density at radius 2 is 1.75 bits per heavy atom. The second kappa shape index (κ2) is 18.4. The summed E-state index contributed by atoms with van der Waals surface area (Å²) in [6.07, 6.45) is 6.53. The van der Waals surface area contributed by atoms with E-state index in [1.165, 1.54) is 24.4 Å². The van der Waals surface area contributed by atoms with Crippen LogP contribution in [0.3, 0.4) is 0 Å². The molecule has 0 saturated carbocycles. The van der Waals surface area contributed by atoms with Crippen molar-refractivity contribution in [2.45, 2.75) is 38.6 Å². The van der Waals surface area contributed by atoms with Crippen molar-refractivity contribution >= 4 is 112 Å². The van der Waals surface area contributed by atoms with Crippen LogP contribution < -0.4 is 15.7 Å². The first-order valence-electron chi connectivity index (χ1n) is 13.5. The fourth-order valence-electron chi connectivity index (χ4n) is 4.30. The molecule has 0 aliphatic carbocycles. The third-order valence-electron chi connectivity index (χ3n) is 6.61. The number of anilines is 2. The van der Waals surface area contributed by atoms with E-state index in [2.05, 4.69) is 15.2 Å². The number of nitrogens with one attached hydrogen (secondary N) is 1. The Morgan fingerprint density at radius 1 is 1.08 bits per heavy atom. The van der Waals surface area contributed by atoms with Crippen molar-refractivity contribution in [3.8, 4) is 0 Å². The Labute approximate surface area is 328 Å². The number of amides is 1. The number of carbonyl (C=O) groups excluding carboxylic acids is 3. The number of nitrogens with two attached hydrogens (primary N) is 1. The number of aromatic amines is 1. The molecule has 0 bridgehead atoms. The molecule has 3 heterocycles. The SMILES string of the molecule is C.Cc1ccc(S(=O)(=O)n2cnc(C=O)c2)cc1.Nc1ccc(Cl)cc1CC(=O)[O-].O=C1Cc2cc(Cl)ccc2N1Cc1cn[nH]c1.[Ba+2]. The molecule has 0 atom stereocenters. The number of hydrogen-bond acceptors (Lipinski definition) is 9. The molecule has 2 aromatic heterocycles. The molecule has 48 heavy (non-hydrogen) atoms. The largest absolute Gasteiger partial charge is 2.00 e. The number of rotatable bonds is 7. The molecular weight excluding hydrogens is 805 g/mol. The minimum absolute atomic E-state index is 0. The number of halogens is 2. The second-order valence-corrected chi connectivity index (χ2v) is 12.7. The van der Waals surface area contributed by atoms with E-state index in [1.54, 1.807) is 47.6 Å². The Balaban J connectivity index is 0.000000249. The topological polar surface area (TPSA) is 184 Å². The van der Waals surface area contributed by atoms with Crippen molar-refractivity contribution in [2.24, 2.45) is 0 Å². The van der Waals surface area contributed by atoms with Gasteiger partial charge in [0.05, 0.1) is 30.3 Å². The summed E-state index contributed by atoms with van der Waals surface area (Å²) in [6.45, 7) is 2.42. The van der Waals surface area contributed by atoms with Crippen molar-refractivity contribution in [2.75, 3.05) is 10.6 Å². The molecular formula is C32H31BaCl2N6O6S+. The quantitative estimate of drug-likeness (QED) is 0.140. The number of benzene rings is 3. The van der Waals surface area contributed by atoms with Gasteiger partial charge in [0.25, 0.3) is 10.0 Å². The summed E-state index contributed by atoms with van der Waals surface area (Å²) in [7, 11) is -3.65. The van der Waals surface area contributed by atoms with E-state index in [-0.39, 0.29) is 79.2 Å². The first-order valence-corrected chi connectivity index (χ1v) is 15.7. The van der Waals surface area contributed by atoms with Gasteiger partial charge in [0.2, 0.25) is 5.91 Å². The molecule has 1 aliphatic rings. The molecule has 1 aliphatic heterocycles. The van der Waals surface area contributed by atoms with E-state index in [9.17, 15) is 27.9 Å². The summed E-state index contributed by atoms with van der Waals surface area (Å²) in [5.41, 5.74) is 10.4. The number of aldehydes is 1. The van der Waals surface area contributed by atoms with Gasteiger partial charge >= 0.3 is 48.9 Å². The maximum absolute atomic E-state index is 12.1. The van der Waals surface area contributed by atoms with Crippen molar-refractivity contribution < 1.29 is 27.9 Å². The Morgan fingerprint density at radius 3 is 2.35 bits per heavy atom. The molecule has 246 valence electrons. The van der Waals surface area contributed by atoms with Crippen molar-refractivity contribution in [1.29, 1.82) is 0 Å². The summed E-state index contributed by atoms with van der Waals surface area (Å²) >= 11 is 11.5. The first kappa shape index (κ1) is 40.8. The summed E-state index contributed by atoms with van der Waals surface area (Å²) < 4.78 is 25.1. The standard InChI is InChI=1S/C12H10ClN3O.C11H10N2O3S.C8H8ClNO2.CH4.Ba/c13-10-1-2-11-9(3-10)4-12(17)16(11)7-8-5-14-15-6-8;1-9-2-4-11(5-3-9)17(15,16)13-6-10(7-14)12-8-13;9-6-1-2-7(10)5(3-6)4-8(11)12;;/h1-3,5-6H,4,7H2,(H,14,15);2-8H,1H3;1-3H,4,10H2,(H,11,12);1H4;/q;;;;+2/p-1. The molecule has 12 nitrogen and oxygen atoms in total. The average Bonchev–Trinajstić information content (AvgIpc) is 3.77. The van der Waals surface area contributed by atoms with E-state index >= 15 is 0 Å². The van der Waals surface area contributed by atoms with Gasteiger partial charge < -0.3 is 20.5 Å². The number of carboxylic acid groups (broad SMARTS) is 1. The number of nitrogen functional groups attached to an aromatic ring is 1. The van der Waals surface area contributed by atoms with Crippen LogP contribution in [0.25, 0.3) is 0 Å². The summed E-state index contributed by atoms with van der Waals surface area (Å²) in [4.78, 5) is 38.2. The van der Waals surface area contributed by atoms with Gasteiger partial charge in [0.15, 0.2) is 6.29 Å². The molecule has 3 N–H and O–H groups in total. The van der Waals surface area contributed by atoms with Gasteiger partial charge in [-0.15, -0.1) is 0 Å². The van der Waals surface area contributed by atoms with Gasteiger partial charge in [-0.05, 0) is 66.6 Å². The molecule has 6 rings (SSSR count). The molecule has 16 heteroatoms. The van der Waals surface area contributed by atoms with Crippen LogP contribution in [0.5, 0.6) is 0 Å². The fourth-order valence-corrected chi connectivity index (χ4v) is 5.83. The average molecular weight is 836 g/mol. The number of fused-ring (bicyclic) bond motifs is 1. The number of aromatic nitrogens is 4. The second-order valence-electron chi connectivity index (χ2n) is 9.99. The number of aliphatic carboxylic acids is 1. The van der Waals surface area contributed by atoms with Crippen LogP contribution in [0.15, 0.2) is 90.5 Å². The molecule has 3 aromatic carbocycles. The minimum atomic E-state index is -3.65. The van der Waals surface area contributed by atoms with Gasteiger partial charge in [0.1, 0.15) is 12.0 Å².